The fourth-order valence-corrected chi connectivity index (χ4v) is 7.34. The number of fused-ring (bicyclic) bond motifs is 1. The predicted octanol–water partition coefficient (Wildman–Crippen LogP) is 0.849. The number of hydrogen-bond acceptors (Lipinski definition) is 7. The Morgan fingerprint density at radius 2 is 1.79 bits per heavy atom. The van der Waals surface area contributed by atoms with E-state index in [1.807, 2.05) is 44.2 Å². The summed E-state index contributed by atoms with van der Waals surface area (Å²) in [6, 6.07) is 7.60. The summed E-state index contributed by atoms with van der Waals surface area (Å²) >= 11 is 0. The average Bonchev–Trinajstić information content (AvgIpc) is 3.57. The lowest BCUT2D eigenvalue weighted by Gasteiger charge is -2.37. The van der Waals surface area contributed by atoms with Crippen LogP contribution >= 0.6 is 0 Å². The van der Waals surface area contributed by atoms with Gasteiger partial charge in [-0.25, -0.2) is 0 Å². The zero-order valence-electron chi connectivity index (χ0n) is 23.1. The van der Waals surface area contributed by atoms with Crippen molar-refractivity contribution in [1.82, 2.24) is 20.4 Å². The molecular formula is C29H42N4O6. The molecule has 4 aliphatic heterocycles. The van der Waals surface area contributed by atoms with E-state index >= 15 is 0 Å². The molecule has 0 aromatic heterocycles. The summed E-state index contributed by atoms with van der Waals surface area (Å²) in [5.74, 6) is -2.24. The Morgan fingerprint density at radius 1 is 1.08 bits per heavy atom. The van der Waals surface area contributed by atoms with Gasteiger partial charge in [-0.05, 0) is 31.2 Å². The van der Waals surface area contributed by atoms with Gasteiger partial charge in [0.05, 0.1) is 43.3 Å². The summed E-state index contributed by atoms with van der Waals surface area (Å²) in [5.41, 5.74) is -1.16. The van der Waals surface area contributed by atoms with Gasteiger partial charge in [0.2, 0.25) is 17.7 Å². The third-order valence-corrected chi connectivity index (χ3v) is 9.22. The van der Waals surface area contributed by atoms with Crippen LogP contribution in [0.3, 0.4) is 0 Å². The summed E-state index contributed by atoms with van der Waals surface area (Å²) < 4.78 is 12.2. The Hall–Kier alpha value is -2.53. The fraction of sp³-hybridized carbons (Fsp3) is 0.690. The second kappa shape index (κ2) is 11.5. The van der Waals surface area contributed by atoms with E-state index in [2.05, 4.69) is 15.5 Å². The molecule has 1 spiro atoms. The van der Waals surface area contributed by atoms with Crippen molar-refractivity contribution in [3.8, 4) is 0 Å². The molecule has 3 N–H and O–H groups in total. The molecular weight excluding hydrogens is 500 g/mol. The third-order valence-electron chi connectivity index (χ3n) is 9.22. The van der Waals surface area contributed by atoms with Crippen LogP contribution in [0.25, 0.3) is 0 Å². The van der Waals surface area contributed by atoms with Gasteiger partial charge < -0.3 is 30.1 Å². The van der Waals surface area contributed by atoms with Crippen LogP contribution in [0, 0.1) is 11.8 Å². The minimum Gasteiger partial charge on any atom is -0.394 e. The molecule has 1 aromatic carbocycles. The zero-order valence-corrected chi connectivity index (χ0v) is 23.1. The van der Waals surface area contributed by atoms with E-state index in [0.717, 1.165) is 25.1 Å². The normalized spacial score (nSPS) is 32.7. The number of carbonyl (C=O) groups is 3. The van der Waals surface area contributed by atoms with Crippen molar-refractivity contribution in [2.45, 2.75) is 62.8 Å². The molecule has 4 fully saturated rings. The molecule has 0 radical (unpaired) electrons. The van der Waals surface area contributed by atoms with Crippen LogP contribution < -0.4 is 10.6 Å². The van der Waals surface area contributed by atoms with E-state index in [0.29, 0.717) is 52.1 Å². The van der Waals surface area contributed by atoms with Gasteiger partial charge in [0.25, 0.3) is 0 Å². The number of nitrogens with zero attached hydrogens (tertiary/aromatic N) is 2. The first kappa shape index (κ1) is 28.0. The highest BCUT2D eigenvalue weighted by Crippen LogP contribution is 2.65. The van der Waals surface area contributed by atoms with Crippen molar-refractivity contribution in [3.63, 3.8) is 0 Å². The molecule has 10 heteroatoms. The number of benzene rings is 1. The number of morpholine rings is 1. The van der Waals surface area contributed by atoms with E-state index < -0.39 is 35.1 Å². The third kappa shape index (κ3) is 4.75. The highest BCUT2D eigenvalue weighted by Gasteiger charge is 2.79. The minimum atomic E-state index is -1.12. The van der Waals surface area contributed by atoms with E-state index in [-0.39, 0.29) is 24.3 Å². The number of carbonyl (C=O) groups excluding carboxylic acids is 3. The Balaban J connectivity index is 1.49. The first-order valence-corrected chi connectivity index (χ1v) is 14.5. The zero-order chi connectivity index (χ0) is 27.6. The van der Waals surface area contributed by atoms with Crippen molar-refractivity contribution in [2.24, 2.45) is 11.8 Å². The van der Waals surface area contributed by atoms with Crippen LogP contribution in [0.5, 0.6) is 0 Å². The van der Waals surface area contributed by atoms with Crippen LogP contribution in [-0.2, 0) is 23.9 Å². The predicted molar refractivity (Wildman–Crippen MR) is 144 cm³/mol. The molecule has 4 heterocycles. The molecule has 5 rings (SSSR count). The van der Waals surface area contributed by atoms with E-state index in [1.165, 1.54) is 4.90 Å². The maximum absolute atomic E-state index is 14.4. The molecule has 2 unspecified atom stereocenters. The number of rotatable bonds is 11. The molecule has 4 saturated heterocycles. The van der Waals surface area contributed by atoms with Crippen LogP contribution in [0.4, 0.5) is 0 Å². The second-order valence-electron chi connectivity index (χ2n) is 11.2. The lowest BCUT2D eigenvalue weighted by Crippen LogP contribution is -2.57. The van der Waals surface area contributed by atoms with Gasteiger partial charge >= 0.3 is 0 Å². The minimum absolute atomic E-state index is 0.188. The Morgan fingerprint density at radius 3 is 2.46 bits per heavy atom. The van der Waals surface area contributed by atoms with Crippen molar-refractivity contribution >= 4 is 17.7 Å². The average molecular weight is 543 g/mol. The lowest BCUT2D eigenvalue weighted by molar-refractivity contribution is -0.151. The first-order valence-electron chi connectivity index (χ1n) is 14.5. The van der Waals surface area contributed by atoms with Gasteiger partial charge in [0.15, 0.2) is 0 Å². The number of likely N-dealkylation sites (tertiary alicyclic amines) is 1. The van der Waals surface area contributed by atoms with E-state index in [4.69, 9.17) is 9.47 Å². The fourth-order valence-electron chi connectivity index (χ4n) is 7.34. The number of aliphatic hydroxyl groups excluding tert-OH is 1. The smallest absolute Gasteiger partial charge is 0.245 e. The largest absolute Gasteiger partial charge is 0.394 e. The summed E-state index contributed by atoms with van der Waals surface area (Å²) in [6.07, 6.45) is 2.48. The Labute approximate surface area is 230 Å². The Kier molecular flexibility index (Phi) is 8.28. The van der Waals surface area contributed by atoms with Gasteiger partial charge in [-0.1, -0.05) is 44.2 Å². The highest BCUT2D eigenvalue weighted by molar-refractivity contribution is 5.99. The second-order valence-corrected chi connectivity index (χ2v) is 11.2. The molecule has 4 aliphatic rings. The van der Waals surface area contributed by atoms with Crippen LogP contribution in [-0.4, -0.2) is 102 Å². The summed E-state index contributed by atoms with van der Waals surface area (Å²) in [5, 5.41) is 16.6. The van der Waals surface area contributed by atoms with Crippen molar-refractivity contribution in [1.29, 1.82) is 0 Å². The number of aliphatic hydroxyl groups is 1. The van der Waals surface area contributed by atoms with Crippen molar-refractivity contribution < 1.29 is 29.0 Å². The maximum atomic E-state index is 14.4. The van der Waals surface area contributed by atoms with Crippen LogP contribution in [0.2, 0.25) is 0 Å². The van der Waals surface area contributed by atoms with E-state index in [1.54, 1.807) is 0 Å². The molecule has 0 saturated carbocycles. The first-order chi connectivity index (χ1) is 18.9. The van der Waals surface area contributed by atoms with Gasteiger partial charge in [-0.3, -0.25) is 19.3 Å². The molecule has 39 heavy (non-hydrogen) atoms. The summed E-state index contributed by atoms with van der Waals surface area (Å²) in [6.45, 7) is 8.22. The lowest BCUT2D eigenvalue weighted by atomic mass is 9.65. The van der Waals surface area contributed by atoms with Crippen LogP contribution in [0.1, 0.15) is 51.1 Å². The van der Waals surface area contributed by atoms with E-state index in [9.17, 15) is 19.5 Å². The number of ether oxygens (including phenoxy) is 2. The molecule has 1 aromatic rings. The number of nitrogens with one attached hydrogen (secondary N) is 2. The molecule has 214 valence electrons. The highest BCUT2D eigenvalue weighted by atomic mass is 16.5. The SMILES string of the molecule is CCCNC(=O)[C@H]1[C@H]2C(=O)N([C@H](CO)c3ccccc3)C(C(=O)NCCN3CCOCC3)C23CC[C@]1(CC)O3. The quantitative estimate of drug-likeness (QED) is 0.379. The van der Waals surface area contributed by atoms with Crippen molar-refractivity contribution in [2.75, 3.05) is 52.5 Å². The van der Waals surface area contributed by atoms with Gasteiger partial charge in [0.1, 0.15) is 11.6 Å². The van der Waals surface area contributed by atoms with Gasteiger partial charge in [-0.15, -0.1) is 0 Å². The molecule has 2 bridgehead atoms. The molecule has 3 amide bonds. The van der Waals surface area contributed by atoms with Crippen LogP contribution in [0.15, 0.2) is 30.3 Å². The topological polar surface area (TPSA) is 120 Å². The molecule has 6 atom stereocenters. The van der Waals surface area contributed by atoms with Gasteiger partial charge in [-0.2, -0.15) is 0 Å². The Bertz CT molecular complexity index is 1050. The summed E-state index contributed by atoms with van der Waals surface area (Å²) in [7, 11) is 0. The monoisotopic (exact) mass is 542 g/mol. The molecule has 10 nitrogen and oxygen atoms in total. The number of hydrogen-bond donors (Lipinski definition) is 3. The summed E-state index contributed by atoms with van der Waals surface area (Å²) in [4.78, 5) is 45.7. The maximum Gasteiger partial charge on any atom is 0.245 e. The van der Waals surface area contributed by atoms with Crippen molar-refractivity contribution in [3.05, 3.63) is 35.9 Å². The number of amides is 3. The van der Waals surface area contributed by atoms with Gasteiger partial charge in [0, 0.05) is 32.7 Å². The standard InChI is InChI=1S/C29H42N4O6/c1-3-12-30-25(35)22-23-27(37)33(21(19-34)20-8-6-5-7-9-20)24(29(23)11-10-28(22,4-2)39-29)26(36)31-13-14-32-15-17-38-18-16-32/h5-9,21-24,34H,3-4,10-19H2,1-2H3,(H,30,35)(H,31,36)/t21-,22-,23+,24?,28+,29?/m1/s1. The molecule has 0 aliphatic carbocycles.